The average Bonchev–Trinajstić information content (AvgIpc) is 3.11. The van der Waals surface area contributed by atoms with E-state index in [4.69, 9.17) is 9.84 Å². The Hall–Kier alpha value is -3.88. The standard InChI is InChI=1S/C22H22N2O7/c1-13(25)23-16-11-17(22(29)30)24(20(16)14-7-3-2-4-8-14)21(28)15-9-5-6-10-18(15)31-12-19(26)27/h2-10,16-17,20H,11-12H2,1H3,(H,23,25)(H,26,27)(H,29,30)/t16-,17+,20+/m1/s1. The second-order valence-corrected chi connectivity index (χ2v) is 7.14. The Morgan fingerprint density at radius 2 is 1.68 bits per heavy atom. The van der Waals surface area contributed by atoms with Gasteiger partial charge in [-0.05, 0) is 17.7 Å². The summed E-state index contributed by atoms with van der Waals surface area (Å²) in [7, 11) is 0. The van der Waals surface area contributed by atoms with E-state index in [1.165, 1.54) is 24.0 Å². The predicted molar refractivity (Wildman–Crippen MR) is 109 cm³/mol. The largest absolute Gasteiger partial charge is 0.481 e. The van der Waals surface area contributed by atoms with Gasteiger partial charge in [-0.15, -0.1) is 0 Å². The number of hydrogen-bond donors (Lipinski definition) is 3. The molecular formula is C22H22N2O7. The summed E-state index contributed by atoms with van der Waals surface area (Å²) in [4.78, 5) is 49.5. The molecule has 3 N–H and O–H groups in total. The van der Waals surface area contributed by atoms with Crippen molar-refractivity contribution in [3.8, 4) is 5.75 Å². The van der Waals surface area contributed by atoms with Crippen LogP contribution in [0.3, 0.4) is 0 Å². The topological polar surface area (TPSA) is 133 Å². The highest BCUT2D eigenvalue weighted by atomic mass is 16.5. The molecule has 9 heteroatoms. The molecule has 31 heavy (non-hydrogen) atoms. The Labute approximate surface area is 178 Å². The number of ether oxygens (including phenoxy) is 1. The van der Waals surface area contributed by atoms with Crippen molar-refractivity contribution in [2.24, 2.45) is 0 Å². The van der Waals surface area contributed by atoms with Gasteiger partial charge in [0.1, 0.15) is 11.8 Å². The number of carboxylic acids is 2. The van der Waals surface area contributed by atoms with E-state index in [0.29, 0.717) is 5.56 Å². The van der Waals surface area contributed by atoms with E-state index < -0.39 is 42.6 Å². The van der Waals surface area contributed by atoms with Crippen molar-refractivity contribution < 1.29 is 34.1 Å². The second kappa shape index (κ2) is 9.29. The third-order valence-corrected chi connectivity index (χ3v) is 5.01. The maximum atomic E-state index is 13.6. The number of para-hydroxylation sites is 1. The molecule has 0 saturated carbocycles. The molecule has 1 aliphatic heterocycles. The maximum Gasteiger partial charge on any atom is 0.341 e. The number of rotatable bonds is 7. The molecule has 0 unspecified atom stereocenters. The van der Waals surface area contributed by atoms with Gasteiger partial charge in [0.05, 0.1) is 17.6 Å². The molecule has 2 amide bonds. The van der Waals surface area contributed by atoms with Gasteiger partial charge in [-0.3, -0.25) is 9.59 Å². The molecule has 3 atom stereocenters. The number of carbonyl (C=O) groups excluding carboxylic acids is 2. The lowest BCUT2D eigenvalue weighted by molar-refractivity contribution is -0.142. The normalized spacial score (nSPS) is 20.2. The molecule has 1 heterocycles. The minimum Gasteiger partial charge on any atom is -0.481 e. The fourth-order valence-electron chi connectivity index (χ4n) is 3.85. The van der Waals surface area contributed by atoms with Crippen molar-refractivity contribution >= 4 is 23.8 Å². The summed E-state index contributed by atoms with van der Waals surface area (Å²) in [6.45, 7) is 0.681. The molecule has 2 aromatic carbocycles. The summed E-state index contributed by atoms with van der Waals surface area (Å²) >= 11 is 0. The molecule has 0 bridgehead atoms. The van der Waals surface area contributed by atoms with Gasteiger partial charge in [0.2, 0.25) is 5.91 Å². The SMILES string of the molecule is CC(=O)N[C@@H]1C[C@@H](C(=O)O)N(C(=O)c2ccccc2OCC(=O)O)[C@H]1c1ccccc1. The molecule has 0 spiro atoms. The van der Waals surface area contributed by atoms with Crippen LogP contribution in [-0.2, 0) is 14.4 Å². The van der Waals surface area contributed by atoms with Gasteiger partial charge in [0.15, 0.2) is 6.61 Å². The van der Waals surface area contributed by atoms with Crippen molar-refractivity contribution in [1.82, 2.24) is 10.2 Å². The van der Waals surface area contributed by atoms with Crippen molar-refractivity contribution in [2.75, 3.05) is 6.61 Å². The zero-order chi connectivity index (χ0) is 22.5. The van der Waals surface area contributed by atoms with Crippen molar-refractivity contribution in [2.45, 2.75) is 31.5 Å². The number of benzene rings is 2. The Morgan fingerprint density at radius 3 is 2.29 bits per heavy atom. The molecule has 1 aliphatic rings. The minimum absolute atomic E-state index is 0.0262. The number of carboxylic acid groups (broad SMARTS) is 2. The fourth-order valence-corrected chi connectivity index (χ4v) is 3.85. The summed E-state index contributed by atoms with van der Waals surface area (Å²) < 4.78 is 5.24. The van der Waals surface area contributed by atoms with Crippen molar-refractivity contribution in [1.29, 1.82) is 0 Å². The quantitative estimate of drug-likeness (QED) is 0.614. The van der Waals surface area contributed by atoms with E-state index >= 15 is 0 Å². The van der Waals surface area contributed by atoms with Gasteiger partial charge in [0, 0.05) is 13.3 Å². The van der Waals surface area contributed by atoms with E-state index in [9.17, 15) is 24.3 Å². The lowest BCUT2D eigenvalue weighted by Gasteiger charge is -2.31. The average molecular weight is 426 g/mol. The molecule has 0 aromatic heterocycles. The van der Waals surface area contributed by atoms with Gasteiger partial charge in [0.25, 0.3) is 5.91 Å². The van der Waals surface area contributed by atoms with Gasteiger partial charge >= 0.3 is 11.9 Å². The molecular weight excluding hydrogens is 404 g/mol. The molecule has 9 nitrogen and oxygen atoms in total. The summed E-state index contributed by atoms with van der Waals surface area (Å²) in [5.41, 5.74) is 0.710. The van der Waals surface area contributed by atoms with Crippen LogP contribution >= 0.6 is 0 Å². The molecule has 3 rings (SSSR count). The van der Waals surface area contributed by atoms with E-state index in [2.05, 4.69) is 5.32 Å². The van der Waals surface area contributed by atoms with Crippen LogP contribution in [-0.4, -0.2) is 57.6 Å². The second-order valence-electron chi connectivity index (χ2n) is 7.14. The molecule has 2 aromatic rings. The molecule has 162 valence electrons. The fraction of sp³-hybridized carbons (Fsp3) is 0.273. The van der Waals surface area contributed by atoms with Gasteiger partial charge in [-0.25, -0.2) is 9.59 Å². The lowest BCUT2D eigenvalue weighted by Crippen LogP contribution is -2.43. The lowest BCUT2D eigenvalue weighted by atomic mass is 9.99. The first-order valence-electron chi connectivity index (χ1n) is 9.60. The van der Waals surface area contributed by atoms with Crippen molar-refractivity contribution in [3.63, 3.8) is 0 Å². The molecule has 0 aliphatic carbocycles. The van der Waals surface area contributed by atoms with Crippen molar-refractivity contribution in [3.05, 3.63) is 65.7 Å². The number of amides is 2. The highest BCUT2D eigenvalue weighted by Crippen LogP contribution is 2.39. The Morgan fingerprint density at radius 1 is 1.03 bits per heavy atom. The van der Waals surface area contributed by atoms with E-state index in [0.717, 1.165) is 0 Å². The summed E-state index contributed by atoms with van der Waals surface area (Å²) in [5.74, 6) is -3.34. The summed E-state index contributed by atoms with van der Waals surface area (Å²) in [6, 6.07) is 12.4. The van der Waals surface area contributed by atoms with Crippen LogP contribution in [0.15, 0.2) is 54.6 Å². The minimum atomic E-state index is -1.21. The maximum absolute atomic E-state index is 13.6. The third-order valence-electron chi connectivity index (χ3n) is 5.01. The smallest absolute Gasteiger partial charge is 0.341 e. The third kappa shape index (κ3) is 4.82. The van der Waals surface area contributed by atoms with Crippen LogP contribution in [0.25, 0.3) is 0 Å². The summed E-state index contributed by atoms with van der Waals surface area (Å²) in [6.07, 6.45) is 0.0262. The number of carbonyl (C=O) groups is 4. The number of nitrogens with zero attached hydrogens (tertiary/aromatic N) is 1. The van der Waals surface area contributed by atoms with E-state index in [-0.39, 0.29) is 23.6 Å². The van der Waals surface area contributed by atoms with E-state index in [1.54, 1.807) is 42.5 Å². The highest BCUT2D eigenvalue weighted by molar-refractivity contribution is 6.00. The zero-order valence-electron chi connectivity index (χ0n) is 16.7. The molecule has 0 radical (unpaired) electrons. The van der Waals surface area contributed by atoms with E-state index in [1.807, 2.05) is 0 Å². The molecule has 1 saturated heterocycles. The number of aliphatic carboxylic acids is 2. The van der Waals surface area contributed by atoms with Gasteiger partial charge in [-0.2, -0.15) is 0 Å². The molecule has 1 fully saturated rings. The number of nitrogens with one attached hydrogen (secondary N) is 1. The number of likely N-dealkylation sites (tertiary alicyclic amines) is 1. The monoisotopic (exact) mass is 426 g/mol. The Kier molecular flexibility index (Phi) is 6.54. The summed E-state index contributed by atoms with van der Waals surface area (Å²) in [5, 5.41) is 21.5. The first-order valence-corrected chi connectivity index (χ1v) is 9.60. The van der Waals surface area contributed by atoms with Crippen LogP contribution < -0.4 is 10.1 Å². The van der Waals surface area contributed by atoms with Gasteiger partial charge in [-0.1, -0.05) is 42.5 Å². The Balaban J connectivity index is 2.06. The van der Waals surface area contributed by atoms with Crippen LogP contribution in [0.1, 0.15) is 35.3 Å². The first-order chi connectivity index (χ1) is 14.8. The highest BCUT2D eigenvalue weighted by Gasteiger charge is 2.48. The Bertz CT molecular complexity index is 992. The predicted octanol–water partition coefficient (Wildman–Crippen LogP) is 1.70. The van der Waals surface area contributed by atoms with Gasteiger partial charge < -0.3 is 25.2 Å². The zero-order valence-corrected chi connectivity index (χ0v) is 16.7. The van der Waals surface area contributed by atoms with Crippen LogP contribution in [0.2, 0.25) is 0 Å². The van der Waals surface area contributed by atoms with Crippen LogP contribution in [0.5, 0.6) is 5.75 Å². The number of hydrogen-bond acceptors (Lipinski definition) is 5. The van der Waals surface area contributed by atoms with Crippen LogP contribution in [0, 0.1) is 0 Å². The van der Waals surface area contributed by atoms with Crippen LogP contribution in [0.4, 0.5) is 0 Å². The first kappa shape index (κ1) is 21.8.